The molecule has 2 N–H and O–H groups in total. The summed E-state index contributed by atoms with van der Waals surface area (Å²) in [4.78, 5) is 25.4. The number of aromatic nitrogens is 4. The molecule has 0 saturated heterocycles. The third-order valence-corrected chi connectivity index (χ3v) is 6.33. The number of rotatable bonds is 5. The fourth-order valence-electron chi connectivity index (χ4n) is 4.37. The Morgan fingerprint density at radius 3 is 2.68 bits per heavy atom. The summed E-state index contributed by atoms with van der Waals surface area (Å²) in [7, 11) is 2.04. The maximum atomic E-state index is 14.5. The summed E-state index contributed by atoms with van der Waals surface area (Å²) >= 11 is 0. The molecule has 0 unspecified atom stereocenters. The number of aryl methyl sites for hydroxylation is 1. The summed E-state index contributed by atoms with van der Waals surface area (Å²) in [5.74, 6) is 1.61. The molecule has 1 aliphatic carbocycles. The van der Waals surface area contributed by atoms with Gasteiger partial charge in [0.1, 0.15) is 5.82 Å². The van der Waals surface area contributed by atoms with E-state index in [-0.39, 0.29) is 11.7 Å². The van der Waals surface area contributed by atoms with Crippen LogP contribution < -0.4 is 10.6 Å². The van der Waals surface area contributed by atoms with E-state index in [4.69, 9.17) is 4.98 Å². The summed E-state index contributed by atoms with van der Waals surface area (Å²) in [6.45, 7) is 0.595. The Bertz CT molecular complexity index is 1410. The maximum Gasteiger partial charge on any atom is 0.251 e. The minimum Gasteiger partial charge on any atom is -0.352 e. The van der Waals surface area contributed by atoms with Crippen LogP contribution in [-0.2, 0) is 13.5 Å². The summed E-state index contributed by atoms with van der Waals surface area (Å²) in [6.07, 6.45) is 6.38. The number of hydrogen-bond donors (Lipinski definition) is 2. The Labute approximate surface area is 196 Å². The quantitative estimate of drug-likeness (QED) is 0.461. The van der Waals surface area contributed by atoms with Gasteiger partial charge in [-0.1, -0.05) is 24.3 Å². The average molecular weight is 455 g/mol. The molecule has 34 heavy (non-hydrogen) atoms. The smallest absolute Gasteiger partial charge is 0.251 e. The molecule has 170 valence electrons. The van der Waals surface area contributed by atoms with Gasteiger partial charge < -0.3 is 15.2 Å². The number of benzene rings is 2. The second kappa shape index (κ2) is 8.06. The Morgan fingerprint density at radius 2 is 1.88 bits per heavy atom. The summed E-state index contributed by atoms with van der Waals surface area (Å²) in [5.41, 5.74) is 5.00. The largest absolute Gasteiger partial charge is 0.352 e. The molecule has 8 heteroatoms. The number of carbonyl (C=O) groups is 1. The molecule has 1 amide bonds. The van der Waals surface area contributed by atoms with Crippen LogP contribution in [0.25, 0.3) is 22.6 Å². The number of nitrogens with one attached hydrogen (secondary N) is 2. The van der Waals surface area contributed by atoms with Crippen molar-refractivity contribution in [1.82, 2.24) is 24.8 Å². The van der Waals surface area contributed by atoms with E-state index in [1.54, 1.807) is 12.1 Å². The van der Waals surface area contributed by atoms with Crippen LogP contribution in [0.3, 0.4) is 0 Å². The van der Waals surface area contributed by atoms with Gasteiger partial charge in [0, 0.05) is 48.1 Å². The van der Waals surface area contributed by atoms with E-state index in [0.717, 1.165) is 34.6 Å². The number of nitrogens with zero attached hydrogens (tertiary/aromatic N) is 4. The van der Waals surface area contributed by atoms with Crippen molar-refractivity contribution >= 4 is 17.4 Å². The standard InChI is InChI=1S/C26H23FN6O/c1-33-14-22(31-25(33)17-6-7-17)15-2-4-16(5-3-15)23-29-13-21(27)24(32-23)30-19-8-9-20-18(12-19)10-11-28-26(20)34/h2-5,8-9,12-14,17H,6-7,10-11H2,1H3,(H,28,34)(H,29,30,32). The molecule has 7 nitrogen and oxygen atoms in total. The predicted octanol–water partition coefficient (Wildman–Crippen LogP) is 4.59. The molecule has 1 aliphatic heterocycles. The highest BCUT2D eigenvalue weighted by molar-refractivity contribution is 5.97. The predicted molar refractivity (Wildman–Crippen MR) is 127 cm³/mol. The zero-order chi connectivity index (χ0) is 23.2. The minimum absolute atomic E-state index is 0.0822. The third-order valence-electron chi connectivity index (χ3n) is 6.33. The number of carbonyl (C=O) groups excluding carboxylic acids is 1. The molecule has 1 saturated carbocycles. The summed E-state index contributed by atoms with van der Waals surface area (Å²) in [5, 5.41) is 5.86. The van der Waals surface area contributed by atoms with Gasteiger partial charge in [-0.15, -0.1) is 0 Å². The van der Waals surface area contributed by atoms with Gasteiger partial charge in [-0.2, -0.15) is 0 Å². The van der Waals surface area contributed by atoms with E-state index in [0.29, 0.717) is 29.5 Å². The highest BCUT2D eigenvalue weighted by atomic mass is 19.1. The number of fused-ring (bicyclic) bond motifs is 1. The van der Waals surface area contributed by atoms with Crippen LogP contribution in [-0.4, -0.2) is 32.0 Å². The first-order valence-electron chi connectivity index (χ1n) is 11.4. The van der Waals surface area contributed by atoms with Crippen molar-refractivity contribution < 1.29 is 9.18 Å². The van der Waals surface area contributed by atoms with Gasteiger partial charge >= 0.3 is 0 Å². The lowest BCUT2D eigenvalue weighted by Gasteiger charge is -2.17. The van der Waals surface area contributed by atoms with E-state index < -0.39 is 5.82 Å². The van der Waals surface area contributed by atoms with Crippen LogP contribution >= 0.6 is 0 Å². The normalized spacial score (nSPS) is 15.1. The van der Waals surface area contributed by atoms with Crippen molar-refractivity contribution in [2.24, 2.45) is 7.05 Å². The lowest BCUT2D eigenvalue weighted by molar-refractivity contribution is 0.0946. The molecular weight excluding hydrogens is 431 g/mol. The van der Waals surface area contributed by atoms with Gasteiger partial charge in [-0.25, -0.2) is 19.3 Å². The van der Waals surface area contributed by atoms with Gasteiger partial charge in [0.25, 0.3) is 5.91 Å². The number of imidazole rings is 1. The van der Waals surface area contributed by atoms with Crippen molar-refractivity contribution in [1.29, 1.82) is 0 Å². The average Bonchev–Trinajstić information content (AvgIpc) is 3.62. The Morgan fingerprint density at radius 1 is 1.09 bits per heavy atom. The highest BCUT2D eigenvalue weighted by Crippen LogP contribution is 2.40. The van der Waals surface area contributed by atoms with E-state index in [1.165, 1.54) is 19.0 Å². The van der Waals surface area contributed by atoms with E-state index in [9.17, 15) is 9.18 Å². The van der Waals surface area contributed by atoms with Crippen molar-refractivity contribution in [2.45, 2.75) is 25.2 Å². The van der Waals surface area contributed by atoms with Crippen LogP contribution in [0.5, 0.6) is 0 Å². The minimum atomic E-state index is -0.545. The van der Waals surface area contributed by atoms with Gasteiger partial charge in [-0.3, -0.25) is 4.79 Å². The second-order valence-electron chi connectivity index (χ2n) is 8.84. The van der Waals surface area contributed by atoms with E-state index >= 15 is 0 Å². The molecule has 0 spiro atoms. The second-order valence-corrected chi connectivity index (χ2v) is 8.84. The van der Waals surface area contributed by atoms with Crippen molar-refractivity contribution in [3.63, 3.8) is 0 Å². The molecule has 4 aromatic rings. The third kappa shape index (κ3) is 3.81. The lowest BCUT2D eigenvalue weighted by Crippen LogP contribution is -2.31. The monoisotopic (exact) mass is 454 g/mol. The van der Waals surface area contributed by atoms with E-state index in [1.807, 2.05) is 37.4 Å². The summed E-state index contributed by atoms with van der Waals surface area (Å²) in [6, 6.07) is 13.2. The van der Waals surface area contributed by atoms with Crippen LogP contribution in [0.1, 0.15) is 40.5 Å². The highest BCUT2D eigenvalue weighted by Gasteiger charge is 2.28. The zero-order valence-electron chi connectivity index (χ0n) is 18.7. The van der Waals surface area contributed by atoms with Crippen LogP contribution in [0, 0.1) is 5.82 Å². The SMILES string of the molecule is Cn1cc(-c2ccc(-c3ncc(F)c(Nc4ccc5c(c4)CCNC5=O)n3)cc2)nc1C1CC1. The number of amides is 1. The number of halogens is 1. The molecular formula is C26H23FN6O. The number of anilines is 2. The van der Waals surface area contributed by atoms with Crippen LogP contribution in [0.4, 0.5) is 15.9 Å². The first-order valence-corrected chi connectivity index (χ1v) is 11.4. The molecule has 2 aliphatic rings. The zero-order valence-corrected chi connectivity index (χ0v) is 18.7. The van der Waals surface area contributed by atoms with Gasteiger partial charge in [0.05, 0.1) is 11.9 Å². The molecule has 6 rings (SSSR count). The van der Waals surface area contributed by atoms with Crippen LogP contribution in [0.2, 0.25) is 0 Å². The summed E-state index contributed by atoms with van der Waals surface area (Å²) < 4.78 is 16.6. The van der Waals surface area contributed by atoms with Gasteiger partial charge in [0.15, 0.2) is 17.5 Å². The van der Waals surface area contributed by atoms with Gasteiger partial charge in [0.2, 0.25) is 0 Å². The Balaban J connectivity index is 1.25. The maximum absolute atomic E-state index is 14.5. The lowest BCUT2D eigenvalue weighted by atomic mass is 10.00. The van der Waals surface area contributed by atoms with E-state index in [2.05, 4.69) is 31.4 Å². The fraction of sp³-hybridized carbons (Fsp3) is 0.231. The first kappa shape index (κ1) is 20.5. The molecule has 2 aromatic heterocycles. The fourth-order valence-corrected chi connectivity index (χ4v) is 4.37. The molecule has 0 radical (unpaired) electrons. The number of hydrogen-bond acceptors (Lipinski definition) is 5. The molecule has 1 fully saturated rings. The molecule has 3 heterocycles. The molecule has 2 aromatic carbocycles. The Kier molecular flexibility index (Phi) is 4.86. The van der Waals surface area contributed by atoms with Crippen molar-refractivity contribution in [2.75, 3.05) is 11.9 Å². The van der Waals surface area contributed by atoms with Crippen molar-refractivity contribution in [3.05, 3.63) is 77.6 Å². The first-order chi connectivity index (χ1) is 16.5. The Hall–Kier alpha value is -4.07. The molecule has 0 atom stereocenters. The topological polar surface area (TPSA) is 84.7 Å². The molecule has 0 bridgehead atoms. The van der Waals surface area contributed by atoms with Gasteiger partial charge in [-0.05, 0) is 43.0 Å². The van der Waals surface area contributed by atoms with Crippen molar-refractivity contribution in [3.8, 4) is 22.6 Å². The van der Waals surface area contributed by atoms with Crippen LogP contribution in [0.15, 0.2) is 54.9 Å².